The van der Waals surface area contributed by atoms with Crippen LogP contribution in [0.25, 0.3) is 5.69 Å². The van der Waals surface area contributed by atoms with Crippen molar-refractivity contribution < 1.29 is 4.74 Å². The quantitative estimate of drug-likeness (QED) is 0.815. The Morgan fingerprint density at radius 1 is 1.39 bits per heavy atom. The van der Waals surface area contributed by atoms with Crippen molar-refractivity contribution in [2.24, 2.45) is 5.73 Å². The number of nitrogens with zero attached hydrogens (tertiary/aromatic N) is 2. The van der Waals surface area contributed by atoms with Gasteiger partial charge in [0.15, 0.2) is 0 Å². The molecule has 0 aliphatic heterocycles. The van der Waals surface area contributed by atoms with Crippen LogP contribution in [0.5, 0.6) is 5.88 Å². The number of ether oxygens (including phenoxy) is 1. The van der Waals surface area contributed by atoms with Gasteiger partial charge in [-0.3, -0.25) is 0 Å². The number of anilines is 1. The van der Waals surface area contributed by atoms with Gasteiger partial charge in [-0.15, -0.1) is 5.10 Å². The van der Waals surface area contributed by atoms with Crippen molar-refractivity contribution in [2.75, 3.05) is 12.3 Å². The molecule has 0 fully saturated rings. The summed E-state index contributed by atoms with van der Waals surface area (Å²) >= 11 is 4.76. The van der Waals surface area contributed by atoms with Crippen LogP contribution < -0.4 is 16.2 Å². The number of benzene rings is 1. The summed E-state index contributed by atoms with van der Waals surface area (Å²) in [7, 11) is 0. The molecule has 0 aliphatic rings. The van der Waals surface area contributed by atoms with E-state index in [9.17, 15) is 0 Å². The van der Waals surface area contributed by atoms with Gasteiger partial charge >= 0.3 is 0 Å². The molecule has 0 aliphatic carbocycles. The maximum Gasteiger partial charge on any atom is 0.238 e. The molecule has 0 saturated heterocycles. The van der Waals surface area contributed by atoms with E-state index in [0.29, 0.717) is 11.7 Å². The zero-order valence-corrected chi connectivity index (χ0v) is 10.8. The van der Waals surface area contributed by atoms with E-state index < -0.39 is 0 Å². The number of thiocarbonyl (C=S) groups is 1. The first-order valence-electron chi connectivity index (χ1n) is 5.41. The molecule has 0 amide bonds. The van der Waals surface area contributed by atoms with Gasteiger partial charge in [0.2, 0.25) is 5.88 Å². The van der Waals surface area contributed by atoms with E-state index in [4.69, 9.17) is 28.4 Å². The Balaban J connectivity index is 2.33. The summed E-state index contributed by atoms with van der Waals surface area (Å²) in [5.74, 6) is 0.989. The van der Waals surface area contributed by atoms with Crippen LogP contribution in [-0.4, -0.2) is 21.4 Å². The molecule has 0 spiro atoms. The fraction of sp³-hybridized carbons (Fsp3) is 0.167. The third-order valence-corrected chi connectivity index (χ3v) is 2.59. The van der Waals surface area contributed by atoms with Gasteiger partial charge in [0.1, 0.15) is 17.4 Å². The van der Waals surface area contributed by atoms with E-state index in [1.807, 2.05) is 37.3 Å². The number of hydrogen-bond acceptors (Lipinski definition) is 4. The van der Waals surface area contributed by atoms with Crippen LogP contribution in [0.1, 0.15) is 5.56 Å². The molecular formula is C12H14N4OS. The number of nitrogens with two attached hydrogens (primary N) is 2. The lowest BCUT2D eigenvalue weighted by molar-refractivity contribution is 0.357. The monoisotopic (exact) mass is 262 g/mol. The fourth-order valence-electron chi connectivity index (χ4n) is 1.53. The molecule has 1 aromatic heterocycles. The predicted molar refractivity (Wildman–Crippen MR) is 75.0 cm³/mol. The third-order valence-electron chi connectivity index (χ3n) is 2.48. The van der Waals surface area contributed by atoms with E-state index in [-0.39, 0.29) is 11.6 Å². The number of aromatic nitrogens is 2. The number of nitrogen functional groups attached to an aromatic ring is 1. The summed E-state index contributed by atoms with van der Waals surface area (Å²) in [6.45, 7) is 2.00. The Bertz CT molecular complexity index is 565. The van der Waals surface area contributed by atoms with Crippen LogP contribution in [0, 0.1) is 6.92 Å². The number of rotatable bonds is 4. The molecule has 4 N–H and O–H groups in total. The minimum Gasteiger partial charge on any atom is -0.469 e. The topological polar surface area (TPSA) is 79.1 Å². The van der Waals surface area contributed by atoms with Gasteiger partial charge in [0, 0.05) is 0 Å². The summed E-state index contributed by atoms with van der Waals surface area (Å²) in [6, 6.07) is 9.60. The van der Waals surface area contributed by atoms with Crippen molar-refractivity contribution >= 4 is 23.0 Å². The summed E-state index contributed by atoms with van der Waals surface area (Å²) in [5.41, 5.74) is 13.0. The second-order valence-electron chi connectivity index (χ2n) is 3.82. The van der Waals surface area contributed by atoms with E-state index in [1.165, 1.54) is 0 Å². The van der Waals surface area contributed by atoms with Gasteiger partial charge in [-0.05, 0) is 19.1 Å². The molecule has 18 heavy (non-hydrogen) atoms. The highest BCUT2D eigenvalue weighted by Gasteiger charge is 2.14. The Morgan fingerprint density at radius 2 is 2.06 bits per heavy atom. The summed E-state index contributed by atoms with van der Waals surface area (Å²) in [5, 5.41) is 4.31. The van der Waals surface area contributed by atoms with Crippen molar-refractivity contribution in [2.45, 2.75) is 6.92 Å². The Labute approximate surface area is 110 Å². The van der Waals surface area contributed by atoms with E-state index in [0.717, 1.165) is 11.3 Å². The number of para-hydroxylation sites is 1. The van der Waals surface area contributed by atoms with E-state index in [2.05, 4.69) is 5.10 Å². The zero-order chi connectivity index (χ0) is 13.1. The highest BCUT2D eigenvalue weighted by Crippen LogP contribution is 2.25. The third kappa shape index (κ3) is 2.43. The van der Waals surface area contributed by atoms with Gasteiger partial charge in [0.25, 0.3) is 0 Å². The Morgan fingerprint density at radius 3 is 2.67 bits per heavy atom. The summed E-state index contributed by atoms with van der Waals surface area (Å²) in [4.78, 5) is 0.280. The van der Waals surface area contributed by atoms with Gasteiger partial charge in [0.05, 0.1) is 11.3 Å². The van der Waals surface area contributed by atoms with Crippen LogP contribution in [-0.2, 0) is 0 Å². The maximum absolute atomic E-state index is 6.00. The second-order valence-corrected chi connectivity index (χ2v) is 4.34. The van der Waals surface area contributed by atoms with Gasteiger partial charge in [-0.25, -0.2) is 4.68 Å². The van der Waals surface area contributed by atoms with Crippen molar-refractivity contribution in [1.29, 1.82) is 0 Å². The van der Waals surface area contributed by atoms with Crippen molar-refractivity contribution in [3.8, 4) is 11.6 Å². The van der Waals surface area contributed by atoms with Crippen LogP contribution in [0.15, 0.2) is 30.3 Å². The van der Waals surface area contributed by atoms with Gasteiger partial charge in [-0.2, -0.15) is 0 Å². The fourth-order valence-corrected chi connectivity index (χ4v) is 1.59. The highest BCUT2D eigenvalue weighted by atomic mass is 32.1. The molecule has 2 aromatic rings. The normalized spacial score (nSPS) is 10.3. The van der Waals surface area contributed by atoms with Crippen LogP contribution in [0.2, 0.25) is 0 Å². The minimum atomic E-state index is 0.154. The SMILES string of the molecule is Cc1c(OCC(N)=S)nn(-c2ccccc2)c1N. The molecule has 5 nitrogen and oxygen atoms in total. The highest BCUT2D eigenvalue weighted by molar-refractivity contribution is 7.80. The Hall–Kier alpha value is -2.08. The standard InChI is InChI=1S/C12H14N4OS/c1-8-11(14)16(9-5-3-2-4-6-9)15-12(8)17-7-10(13)18/h2-6H,7,14H2,1H3,(H2,13,18). The molecule has 1 aromatic carbocycles. The lowest BCUT2D eigenvalue weighted by Gasteiger charge is -2.02. The molecule has 2 rings (SSSR count). The van der Waals surface area contributed by atoms with E-state index >= 15 is 0 Å². The largest absolute Gasteiger partial charge is 0.469 e. The number of hydrogen-bond donors (Lipinski definition) is 2. The first-order valence-corrected chi connectivity index (χ1v) is 5.82. The lowest BCUT2D eigenvalue weighted by Crippen LogP contribution is -2.18. The second kappa shape index (κ2) is 5.05. The molecule has 0 bridgehead atoms. The smallest absolute Gasteiger partial charge is 0.238 e. The summed E-state index contributed by atoms with van der Waals surface area (Å²) in [6.07, 6.45) is 0. The van der Waals surface area contributed by atoms with E-state index in [1.54, 1.807) is 4.68 Å². The average Bonchev–Trinajstić information content (AvgIpc) is 2.65. The van der Waals surface area contributed by atoms with Crippen molar-refractivity contribution in [1.82, 2.24) is 9.78 Å². The van der Waals surface area contributed by atoms with Crippen molar-refractivity contribution in [3.63, 3.8) is 0 Å². The maximum atomic E-state index is 6.00. The Kier molecular flexibility index (Phi) is 3.47. The average molecular weight is 262 g/mol. The minimum absolute atomic E-state index is 0.154. The molecule has 0 atom stereocenters. The molecule has 0 saturated carbocycles. The molecule has 1 heterocycles. The van der Waals surface area contributed by atoms with Crippen LogP contribution >= 0.6 is 12.2 Å². The molecule has 94 valence electrons. The lowest BCUT2D eigenvalue weighted by atomic mass is 10.3. The predicted octanol–water partition coefficient (Wildman–Crippen LogP) is 1.43. The van der Waals surface area contributed by atoms with Crippen molar-refractivity contribution in [3.05, 3.63) is 35.9 Å². The molecule has 0 unspecified atom stereocenters. The van der Waals surface area contributed by atoms with Crippen LogP contribution in [0.4, 0.5) is 5.82 Å². The zero-order valence-electron chi connectivity index (χ0n) is 9.96. The summed E-state index contributed by atoms with van der Waals surface area (Å²) < 4.78 is 7.03. The molecule has 6 heteroatoms. The first-order chi connectivity index (χ1) is 8.59. The van der Waals surface area contributed by atoms with Crippen LogP contribution in [0.3, 0.4) is 0 Å². The molecule has 0 radical (unpaired) electrons. The van der Waals surface area contributed by atoms with Gasteiger partial charge in [-0.1, -0.05) is 30.4 Å². The first kappa shape index (κ1) is 12.4. The van der Waals surface area contributed by atoms with Gasteiger partial charge < -0.3 is 16.2 Å². The molecular weight excluding hydrogens is 248 g/mol.